The molecule has 2 amide bonds. The molecule has 3 aromatic carbocycles. The molecule has 0 spiro atoms. The van der Waals surface area contributed by atoms with Crippen LogP contribution in [0.1, 0.15) is 34.1 Å². The fourth-order valence-electron chi connectivity index (χ4n) is 4.42. The molecular formula is C28H31N5O5. The van der Waals surface area contributed by atoms with Crippen LogP contribution in [-0.4, -0.2) is 56.6 Å². The number of ether oxygens (including phenoxy) is 1. The van der Waals surface area contributed by atoms with E-state index in [1.807, 2.05) is 37.3 Å². The summed E-state index contributed by atoms with van der Waals surface area (Å²) in [6, 6.07) is 18.6. The van der Waals surface area contributed by atoms with Gasteiger partial charge in [0, 0.05) is 61.8 Å². The Kier molecular flexibility index (Phi) is 8.42. The highest BCUT2D eigenvalue weighted by molar-refractivity contribution is 6.06. The van der Waals surface area contributed by atoms with Gasteiger partial charge < -0.3 is 25.2 Å². The molecule has 1 fully saturated rings. The van der Waals surface area contributed by atoms with Gasteiger partial charge in [-0.15, -0.1) is 0 Å². The second-order valence-corrected chi connectivity index (χ2v) is 8.89. The number of nitro benzene ring substituents is 1. The lowest BCUT2D eigenvalue weighted by atomic mass is 10.1. The molecule has 1 heterocycles. The van der Waals surface area contributed by atoms with Gasteiger partial charge in [-0.3, -0.25) is 19.7 Å². The van der Waals surface area contributed by atoms with Gasteiger partial charge in [0.15, 0.2) is 0 Å². The fraction of sp³-hybridized carbons (Fsp3) is 0.286. The molecule has 0 saturated carbocycles. The first-order valence-electron chi connectivity index (χ1n) is 12.5. The van der Waals surface area contributed by atoms with Crippen molar-refractivity contribution in [2.24, 2.45) is 0 Å². The number of nitrogens with one attached hydrogen (secondary N) is 2. The van der Waals surface area contributed by atoms with Crippen LogP contribution in [0.15, 0.2) is 66.7 Å². The molecule has 198 valence electrons. The molecular weight excluding hydrogens is 486 g/mol. The third-order valence-corrected chi connectivity index (χ3v) is 6.42. The number of methoxy groups -OCH3 is 1. The zero-order chi connectivity index (χ0) is 27.1. The Bertz CT molecular complexity index is 1300. The van der Waals surface area contributed by atoms with E-state index >= 15 is 0 Å². The van der Waals surface area contributed by atoms with Crippen LogP contribution >= 0.6 is 0 Å². The number of non-ortho nitro benzene ring substituents is 1. The molecule has 0 radical (unpaired) electrons. The molecule has 0 unspecified atom stereocenters. The largest absolute Gasteiger partial charge is 0.495 e. The molecule has 3 aromatic rings. The molecule has 1 saturated heterocycles. The number of carbonyl (C=O) groups is 2. The maximum absolute atomic E-state index is 13.1. The molecule has 38 heavy (non-hydrogen) atoms. The van der Waals surface area contributed by atoms with Gasteiger partial charge in [-0.25, -0.2) is 0 Å². The molecule has 1 aliphatic heterocycles. The first-order chi connectivity index (χ1) is 18.4. The summed E-state index contributed by atoms with van der Waals surface area (Å²) in [6.45, 7) is 5.46. The topological polar surface area (TPSA) is 117 Å². The number of hydrogen-bond acceptors (Lipinski definition) is 7. The van der Waals surface area contributed by atoms with E-state index in [1.54, 1.807) is 19.2 Å². The van der Waals surface area contributed by atoms with Crippen molar-refractivity contribution in [3.8, 4) is 5.75 Å². The Balaban J connectivity index is 1.52. The summed E-state index contributed by atoms with van der Waals surface area (Å²) in [6.07, 6.45) is 0.801. The zero-order valence-corrected chi connectivity index (χ0v) is 21.5. The lowest BCUT2D eigenvalue weighted by molar-refractivity contribution is -0.384. The van der Waals surface area contributed by atoms with E-state index in [-0.39, 0.29) is 17.2 Å². The van der Waals surface area contributed by atoms with E-state index < -0.39 is 10.8 Å². The quantitative estimate of drug-likeness (QED) is 0.321. The highest BCUT2D eigenvalue weighted by Crippen LogP contribution is 2.31. The second-order valence-electron chi connectivity index (χ2n) is 8.89. The number of para-hydroxylation sites is 2. The van der Waals surface area contributed by atoms with E-state index in [0.717, 1.165) is 36.6 Å². The summed E-state index contributed by atoms with van der Waals surface area (Å²) < 4.78 is 5.52. The number of hydrogen-bond donors (Lipinski definition) is 2. The van der Waals surface area contributed by atoms with Gasteiger partial charge in [-0.1, -0.05) is 19.1 Å². The van der Waals surface area contributed by atoms with Crippen LogP contribution < -0.4 is 25.2 Å². The molecule has 0 bridgehead atoms. The maximum atomic E-state index is 13.1. The Morgan fingerprint density at radius 1 is 0.921 bits per heavy atom. The molecule has 10 heteroatoms. The number of piperazine rings is 1. The number of amides is 2. The maximum Gasteiger partial charge on any atom is 0.269 e. The highest BCUT2D eigenvalue weighted by Gasteiger charge is 2.24. The Morgan fingerprint density at radius 2 is 1.58 bits per heavy atom. The van der Waals surface area contributed by atoms with Crippen molar-refractivity contribution in [3.05, 3.63) is 88.0 Å². The van der Waals surface area contributed by atoms with Crippen molar-refractivity contribution in [2.45, 2.75) is 13.3 Å². The van der Waals surface area contributed by atoms with E-state index in [4.69, 9.17) is 4.74 Å². The predicted octanol–water partition coefficient (Wildman–Crippen LogP) is 4.32. The summed E-state index contributed by atoms with van der Waals surface area (Å²) in [7, 11) is 1.66. The molecule has 10 nitrogen and oxygen atoms in total. The smallest absolute Gasteiger partial charge is 0.269 e. The van der Waals surface area contributed by atoms with Gasteiger partial charge in [0.25, 0.3) is 17.5 Å². The van der Waals surface area contributed by atoms with E-state index in [0.29, 0.717) is 30.9 Å². The summed E-state index contributed by atoms with van der Waals surface area (Å²) in [5.74, 6) is 0.201. The number of nitro groups is 1. The van der Waals surface area contributed by atoms with E-state index in [2.05, 4.69) is 20.4 Å². The minimum atomic E-state index is -0.516. The minimum absolute atomic E-state index is 0.0911. The highest BCUT2D eigenvalue weighted by atomic mass is 16.6. The van der Waals surface area contributed by atoms with Gasteiger partial charge in [0.2, 0.25) is 0 Å². The third kappa shape index (κ3) is 6.03. The van der Waals surface area contributed by atoms with Crippen LogP contribution in [0, 0.1) is 10.1 Å². The van der Waals surface area contributed by atoms with Crippen LogP contribution in [0.2, 0.25) is 0 Å². The zero-order valence-electron chi connectivity index (χ0n) is 21.5. The lowest BCUT2D eigenvalue weighted by Crippen LogP contribution is -2.47. The average molecular weight is 518 g/mol. The second kappa shape index (κ2) is 12.1. The molecule has 2 N–H and O–H groups in total. The number of anilines is 3. The van der Waals surface area contributed by atoms with Gasteiger partial charge in [-0.2, -0.15) is 0 Å². The van der Waals surface area contributed by atoms with Gasteiger partial charge >= 0.3 is 0 Å². The number of benzene rings is 3. The van der Waals surface area contributed by atoms with Crippen molar-refractivity contribution in [2.75, 3.05) is 55.0 Å². The molecule has 1 aliphatic rings. The van der Waals surface area contributed by atoms with Crippen molar-refractivity contribution in [1.29, 1.82) is 0 Å². The van der Waals surface area contributed by atoms with E-state index in [9.17, 15) is 19.7 Å². The van der Waals surface area contributed by atoms with Crippen molar-refractivity contribution in [3.63, 3.8) is 0 Å². The number of nitrogens with zero attached hydrogens (tertiary/aromatic N) is 3. The lowest BCUT2D eigenvalue weighted by Gasteiger charge is -2.38. The fourth-order valence-corrected chi connectivity index (χ4v) is 4.42. The average Bonchev–Trinajstić information content (AvgIpc) is 2.96. The minimum Gasteiger partial charge on any atom is -0.495 e. The van der Waals surface area contributed by atoms with E-state index in [1.165, 1.54) is 24.3 Å². The summed E-state index contributed by atoms with van der Waals surface area (Å²) >= 11 is 0. The van der Waals surface area contributed by atoms with Crippen LogP contribution in [0.5, 0.6) is 5.75 Å². The molecule has 0 atom stereocenters. The SMILES string of the molecule is CCCNC(=O)c1cc(NC(=O)c2ccc([N+](=O)[O-])cc2)ccc1N1CCN(c2ccccc2OC)CC1. The number of rotatable bonds is 9. The van der Waals surface area contributed by atoms with Crippen LogP contribution in [0.25, 0.3) is 0 Å². The van der Waals surface area contributed by atoms with Gasteiger partial charge in [0.05, 0.1) is 23.3 Å². The van der Waals surface area contributed by atoms with Crippen molar-refractivity contribution in [1.82, 2.24) is 5.32 Å². The van der Waals surface area contributed by atoms with Crippen molar-refractivity contribution >= 4 is 34.6 Å². The normalized spacial score (nSPS) is 13.1. The standard InChI is InChI=1S/C28H31N5O5/c1-3-14-29-28(35)23-19-21(30-27(34)20-8-11-22(12-9-20)33(36)37)10-13-24(23)31-15-17-32(18-16-31)25-6-4-5-7-26(25)38-2/h4-13,19H,3,14-18H2,1-2H3,(H,29,35)(H,30,34). The van der Waals surface area contributed by atoms with Crippen LogP contribution in [0.4, 0.5) is 22.7 Å². The Hall–Kier alpha value is -4.60. The van der Waals surface area contributed by atoms with Gasteiger partial charge in [-0.05, 0) is 48.9 Å². The Labute approximate surface area is 221 Å². The predicted molar refractivity (Wildman–Crippen MR) is 148 cm³/mol. The van der Waals surface area contributed by atoms with Crippen molar-refractivity contribution < 1.29 is 19.2 Å². The molecule has 4 rings (SSSR count). The third-order valence-electron chi connectivity index (χ3n) is 6.42. The van der Waals surface area contributed by atoms with Gasteiger partial charge in [0.1, 0.15) is 5.75 Å². The number of carbonyl (C=O) groups excluding carboxylic acids is 2. The monoisotopic (exact) mass is 517 g/mol. The summed E-state index contributed by atoms with van der Waals surface area (Å²) in [4.78, 5) is 40.7. The molecule has 0 aliphatic carbocycles. The van der Waals surface area contributed by atoms with Crippen LogP contribution in [-0.2, 0) is 0 Å². The first-order valence-corrected chi connectivity index (χ1v) is 12.5. The molecule has 0 aromatic heterocycles. The summed E-state index contributed by atoms with van der Waals surface area (Å²) in [5.41, 5.74) is 2.97. The summed E-state index contributed by atoms with van der Waals surface area (Å²) in [5, 5.41) is 16.6. The Morgan fingerprint density at radius 3 is 2.21 bits per heavy atom. The first kappa shape index (κ1) is 26.5. The van der Waals surface area contributed by atoms with Crippen LogP contribution in [0.3, 0.4) is 0 Å².